The number of aliphatic hydroxyl groups is 1. The lowest BCUT2D eigenvalue weighted by Gasteiger charge is -2.36. The Balaban J connectivity index is 2.05. The lowest BCUT2D eigenvalue weighted by molar-refractivity contribution is 0.0124. The molecule has 0 radical (unpaired) electrons. The summed E-state index contributed by atoms with van der Waals surface area (Å²) < 4.78 is 5.23. The van der Waals surface area contributed by atoms with Gasteiger partial charge in [-0.15, -0.1) is 0 Å². The third-order valence-corrected chi connectivity index (χ3v) is 3.08. The fourth-order valence-electron chi connectivity index (χ4n) is 1.94. The van der Waals surface area contributed by atoms with Crippen molar-refractivity contribution >= 4 is 11.6 Å². The van der Waals surface area contributed by atoms with E-state index in [1.807, 2.05) is 0 Å². The number of carbonyl (C=O) groups is 1. The number of nitrogen functional groups attached to an aromatic ring is 1. The van der Waals surface area contributed by atoms with E-state index in [4.69, 9.17) is 10.5 Å². The van der Waals surface area contributed by atoms with Crippen LogP contribution in [0.2, 0.25) is 0 Å². The van der Waals surface area contributed by atoms with E-state index in [9.17, 15) is 9.90 Å². The lowest BCUT2D eigenvalue weighted by atomic mass is 9.91. The van der Waals surface area contributed by atoms with Crippen molar-refractivity contribution in [3.05, 3.63) is 18.0 Å². The minimum absolute atomic E-state index is 0.0850. The average molecular weight is 239 g/mol. The molecule has 5 N–H and O–H groups in total. The SMILES string of the molecule is Nc1c[nH]c(C(=O)NC2(CO)CCOCC2)c1. The number of amides is 1. The Labute approximate surface area is 99.1 Å². The molecule has 0 atom stereocenters. The largest absolute Gasteiger partial charge is 0.397 e. The first-order valence-corrected chi connectivity index (χ1v) is 5.60. The van der Waals surface area contributed by atoms with Gasteiger partial charge in [0.25, 0.3) is 5.91 Å². The Morgan fingerprint density at radius 1 is 1.59 bits per heavy atom. The van der Waals surface area contributed by atoms with Crippen molar-refractivity contribution < 1.29 is 14.6 Å². The lowest BCUT2D eigenvalue weighted by Crippen LogP contribution is -2.54. The Kier molecular flexibility index (Phi) is 3.35. The minimum Gasteiger partial charge on any atom is -0.397 e. The van der Waals surface area contributed by atoms with E-state index in [1.54, 1.807) is 12.3 Å². The van der Waals surface area contributed by atoms with Crippen LogP contribution in [0.1, 0.15) is 23.3 Å². The molecule has 1 saturated heterocycles. The molecule has 1 aromatic rings. The van der Waals surface area contributed by atoms with E-state index in [1.165, 1.54) is 0 Å². The molecule has 0 spiro atoms. The number of aliphatic hydroxyl groups excluding tert-OH is 1. The van der Waals surface area contributed by atoms with Gasteiger partial charge in [-0.3, -0.25) is 4.79 Å². The molecule has 6 nitrogen and oxygen atoms in total. The molecule has 0 aliphatic carbocycles. The summed E-state index contributed by atoms with van der Waals surface area (Å²) >= 11 is 0. The molecule has 0 aromatic carbocycles. The van der Waals surface area contributed by atoms with Crippen LogP contribution in [0.4, 0.5) is 5.69 Å². The van der Waals surface area contributed by atoms with Crippen molar-refractivity contribution in [3.8, 4) is 0 Å². The summed E-state index contributed by atoms with van der Waals surface area (Å²) in [5.41, 5.74) is 5.88. The van der Waals surface area contributed by atoms with Gasteiger partial charge in [-0.25, -0.2) is 0 Å². The quantitative estimate of drug-likeness (QED) is 0.590. The van der Waals surface area contributed by atoms with E-state index in [-0.39, 0.29) is 12.5 Å². The smallest absolute Gasteiger partial charge is 0.268 e. The molecule has 0 unspecified atom stereocenters. The summed E-state index contributed by atoms with van der Waals surface area (Å²) in [6, 6.07) is 1.57. The number of hydrogen-bond donors (Lipinski definition) is 4. The third-order valence-electron chi connectivity index (χ3n) is 3.08. The normalized spacial score (nSPS) is 18.9. The molecule has 0 bridgehead atoms. The fourth-order valence-corrected chi connectivity index (χ4v) is 1.94. The van der Waals surface area contributed by atoms with E-state index in [0.29, 0.717) is 37.4 Å². The van der Waals surface area contributed by atoms with E-state index in [0.717, 1.165) is 0 Å². The van der Waals surface area contributed by atoms with Crippen molar-refractivity contribution in [2.24, 2.45) is 0 Å². The van der Waals surface area contributed by atoms with Gasteiger partial charge in [-0.05, 0) is 18.9 Å². The number of anilines is 1. The zero-order valence-corrected chi connectivity index (χ0v) is 9.53. The van der Waals surface area contributed by atoms with Crippen LogP contribution in [0.25, 0.3) is 0 Å². The van der Waals surface area contributed by atoms with Gasteiger partial charge in [0, 0.05) is 25.1 Å². The number of hydrogen-bond acceptors (Lipinski definition) is 4. The summed E-state index contributed by atoms with van der Waals surface area (Å²) in [5, 5.41) is 12.3. The molecule has 1 amide bonds. The predicted molar refractivity (Wildman–Crippen MR) is 62.5 cm³/mol. The van der Waals surface area contributed by atoms with Crippen LogP contribution in [0.3, 0.4) is 0 Å². The van der Waals surface area contributed by atoms with Crippen LogP contribution in [-0.2, 0) is 4.74 Å². The van der Waals surface area contributed by atoms with Crippen LogP contribution >= 0.6 is 0 Å². The highest BCUT2D eigenvalue weighted by Crippen LogP contribution is 2.20. The molecule has 1 aliphatic rings. The highest BCUT2D eigenvalue weighted by atomic mass is 16.5. The monoisotopic (exact) mass is 239 g/mol. The topological polar surface area (TPSA) is 100 Å². The zero-order valence-electron chi connectivity index (χ0n) is 9.53. The van der Waals surface area contributed by atoms with E-state index >= 15 is 0 Å². The van der Waals surface area contributed by atoms with Gasteiger partial charge in [0.15, 0.2) is 0 Å². The second-order valence-corrected chi connectivity index (χ2v) is 4.35. The van der Waals surface area contributed by atoms with Crippen LogP contribution in [0, 0.1) is 0 Å². The molecule has 2 rings (SSSR count). The second-order valence-electron chi connectivity index (χ2n) is 4.35. The van der Waals surface area contributed by atoms with Crippen molar-refractivity contribution in [1.82, 2.24) is 10.3 Å². The second kappa shape index (κ2) is 4.77. The first-order valence-electron chi connectivity index (χ1n) is 5.60. The van der Waals surface area contributed by atoms with E-state index in [2.05, 4.69) is 10.3 Å². The minimum atomic E-state index is -0.574. The van der Waals surface area contributed by atoms with Crippen LogP contribution in [0.5, 0.6) is 0 Å². The standard InChI is InChI=1S/C11H17N3O3/c12-8-5-9(13-6-8)10(16)14-11(7-15)1-3-17-4-2-11/h5-6,13,15H,1-4,7,12H2,(H,14,16). The highest BCUT2D eigenvalue weighted by molar-refractivity contribution is 5.93. The molecular weight excluding hydrogens is 222 g/mol. The van der Waals surface area contributed by atoms with Gasteiger partial charge in [0.1, 0.15) is 5.69 Å². The Hall–Kier alpha value is -1.53. The number of rotatable bonds is 3. The van der Waals surface area contributed by atoms with Gasteiger partial charge < -0.3 is 25.9 Å². The van der Waals surface area contributed by atoms with Crippen LogP contribution < -0.4 is 11.1 Å². The number of nitrogens with one attached hydrogen (secondary N) is 2. The first kappa shape index (κ1) is 11.9. The van der Waals surface area contributed by atoms with E-state index < -0.39 is 5.54 Å². The molecule has 6 heteroatoms. The van der Waals surface area contributed by atoms with Crippen LogP contribution in [-0.4, -0.2) is 41.4 Å². The van der Waals surface area contributed by atoms with Crippen LogP contribution in [0.15, 0.2) is 12.3 Å². The average Bonchev–Trinajstić information content (AvgIpc) is 2.77. The number of H-pyrrole nitrogens is 1. The predicted octanol–water partition coefficient (Wildman–Crippen LogP) is -0.132. The van der Waals surface area contributed by atoms with Crippen molar-refractivity contribution in [1.29, 1.82) is 0 Å². The van der Waals surface area contributed by atoms with Gasteiger partial charge in [0.2, 0.25) is 0 Å². The number of aromatic amines is 1. The fraction of sp³-hybridized carbons (Fsp3) is 0.545. The maximum Gasteiger partial charge on any atom is 0.268 e. The van der Waals surface area contributed by atoms with Crippen molar-refractivity contribution in [3.63, 3.8) is 0 Å². The summed E-state index contributed by atoms with van der Waals surface area (Å²) in [6.07, 6.45) is 2.79. The maximum atomic E-state index is 11.9. The number of ether oxygens (including phenoxy) is 1. The maximum absolute atomic E-state index is 11.9. The molecule has 94 valence electrons. The molecule has 17 heavy (non-hydrogen) atoms. The summed E-state index contributed by atoms with van der Waals surface area (Å²) in [5.74, 6) is -0.252. The van der Waals surface area contributed by atoms with Gasteiger partial charge in [0.05, 0.1) is 12.1 Å². The van der Waals surface area contributed by atoms with Gasteiger partial charge >= 0.3 is 0 Å². The van der Waals surface area contributed by atoms with Crippen molar-refractivity contribution in [2.45, 2.75) is 18.4 Å². The molecule has 0 saturated carbocycles. The number of carbonyl (C=O) groups excluding carboxylic acids is 1. The summed E-state index contributed by atoms with van der Waals surface area (Å²) in [6.45, 7) is 1.01. The third kappa shape index (κ3) is 2.59. The van der Waals surface area contributed by atoms with Crippen molar-refractivity contribution in [2.75, 3.05) is 25.6 Å². The molecule has 2 heterocycles. The Bertz CT molecular complexity index is 396. The molecule has 1 aliphatic heterocycles. The molecule has 1 fully saturated rings. The summed E-state index contributed by atoms with van der Waals surface area (Å²) in [7, 11) is 0. The summed E-state index contributed by atoms with van der Waals surface area (Å²) in [4.78, 5) is 14.7. The highest BCUT2D eigenvalue weighted by Gasteiger charge is 2.33. The Morgan fingerprint density at radius 3 is 2.82 bits per heavy atom. The number of nitrogens with two attached hydrogens (primary N) is 1. The Morgan fingerprint density at radius 2 is 2.29 bits per heavy atom. The zero-order chi connectivity index (χ0) is 12.3. The molecular formula is C11H17N3O3. The molecule has 1 aromatic heterocycles. The van der Waals surface area contributed by atoms with Gasteiger partial charge in [-0.1, -0.05) is 0 Å². The van der Waals surface area contributed by atoms with Gasteiger partial charge in [-0.2, -0.15) is 0 Å². The first-order chi connectivity index (χ1) is 8.15. The number of aromatic nitrogens is 1.